The summed E-state index contributed by atoms with van der Waals surface area (Å²) < 4.78 is 28.6. The van der Waals surface area contributed by atoms with E-state index < -0.39 is 21.1 Å². The SMILES string of the molecule is CC(C)(C)SCCOC(=O)[C@@H]1CCCCS1(=O)=O. The van der Waals surface area contributed by atoms with Crippen molar-refractivity contribution in [1.82, 2.24) is 0 Å². The van der Waals surface area contributed by atoms with E-state index in [1.165, 1.54) is 0 Å². The smallest absolute Gasteiger partial charge is 0.324 e. The van der Waals surface area contributed by atoms with Crippen molar-refractivity contribution in [3.8, 4) is 0 Å². The van der Waals surface area contributed by atoms with Crippen LogP contribution in [-0.2, 0) is 19.4 Å². The molecule has 1 atom stereocenters. The third kappa shape index (κ3) is 5.18. The van der Waals surface area contributed by atoms with Crippen molar-refractivity contribution >= 4 is 27.6 Å². The molecular weight excluding hydrogens is 272 g/mol. The highest BCUT2D eigenvalue weighted by Gasteiger charge is 2.35. The molecule has 0 amide bonds. The maximum absolute atomic E-state index is 11.7. The lowest BCUT2D eigenvalue weighted by Crippen LogP contribution is -2.37. The molecule has 0 N–H and O–H groups in total. The van der Waals surface area contributed by atoms with Crippen molar-refractivity contribution in [2.75, 3.05) is 18.1 Å². The number of sulfone groups is 1. The first-order valence-electron chi connectivity index (χ1n) is 6.24. The number of rotatable bonds is 4. The lowest BCUT2D eigenvalue weighted by molar-refractivity contribution is -0.142. The van der Waals surface area contributed by atoms with Crippen LogP contribution in [0.3, 0.4) is 0 Å². The van der Waals surface area contributed by atoms with Crippen molar-refractivity contribution in [3.63, 3.8) is 0 Å². The van der Waals surface area contributed by atoms with E-state index in [1.807, 2.05) is 0 Å². The highest BCUT2D eigenvalue weighted by Crippen LogP contribution is 2.23. The Labute approximate surface area is 114 Å². The van der Waals surface area contributed by atoms with Gasteiger partial charge < -0.3 is 4.74 Å². The maximum Gasteiger partial charge on any atom is 0.324 e. The summed E-state index contributed by atoms with van der Waals surface area (Å²) in [6.07, 6.45) is 1.86. The molecule has 6 heteroatoms. The van der Waals surface area contributed by atoms with E-state index in [9.17, 15) is 13.2 Å². The van der Waals surface area contributed by atoms with Gasteiger partial charge in [0.15, 0.2) is 15.1 Å². The van der Waals surface area contributed by atoms with Crippen LogP contribution in [0.2, 0.25) is 0 Å². The summed E-state index contributed by atoms with van der Waals surface area (Å²) in [5, 5.41) is -0.925. The van der Waals surface area contributed by atoms with Gasteiger partial charge in [-0.05, 0) is 12.8 Å². The minimum atomic E-state index is -3.27. The minimum Gasteiger partial charge on any atom is -0.464 e. The minimum absolute atomic E-state index is 0.115. The molecule has 18 heavy (non-hydrogen) atoms. The summed E-state index contributed by atoms with van der Waals surface area (Å²) in [6, 6.07) is 0. The number of ether oxygens (including phenoxy) is 1. The van der Waals surface area contributed by atoms with Gasteiger partial charge in [-0.2, -0.15) is 11.8 Å². The second-order valence-electron chi connectivity index (χ2n) is 5.48. The van der Waals surface area contributed by atoms with Crippen molar-refractivity contribution in [3.05, 3.63) is 0 Å². The molecule has 0 radical (unpaired) electrons. The summed E-state index contributed by atoms with van der Waals surface area (Å²) in [6.45, 7) is 6.55. The number of esters is 1. The van der Waals surface area contributed by atoms with Gasteiger partial charge in [0.1, 0.15) is 6.61 Å². The molecule has 1 fully saturated rings. The highest BCUT2D eigenvalue weighted by molar-refractivity contribution is 8.00. The van der Waals surface area contributed by atoms with Crippen LogP contribution in [0.4, 0.5) is 0 Å². The molecule has 0 aromatic heterocycles. The zero-order valence-electron chi connectivity index (χ0n) is 11.3. The lowest BCUT2D eigenvalue weighted by Gasteiger charge is -2.21. The van der Waals surface area contributed by atoms with Gasteiger partial charge in [0.05, 0.1) is 5.75 Å². The van der Waals surface area contributed by atoms with Crippen LogP contribution in [0, 0.1) is 0 Å². The Hall–Kier alpha value is -0.230. The van der Waals surface area contributed by atoms with E-state index in [1.54, 1.807) is 11.8 Å². The number of thioether (sulfide) groups is 1. The Kier molecular flexibility index (Phi) is 5.52. The second-order valence-corrected chi connectivity index (χ2v) is 9.70. The van der Waals surface area contributed by atoms with Crippen molar-refractivity contribution in [2.45, 2.75) is 50.0 Å². The van der Waals surface area contributed by atoms with Gasteiger partial charge in [0.25, 0.3) is 0 Å². The molecule has 1 heterocycles. The third-order valence-electron chi connectivity index (χ3n) is 2.70. The lowest BCUT2D eigenvalue weighted by atomic mass is 10.2. The third-order valence-corrected chi connectivity index (χ3v) is 6.09. The predicted molar refractivity (Wildman–Crippen MR) is 74.6 cm³/mol. The van der Waals surface area contributed by atoms with Gasteiger partial charge in [-0.15, -0.1) is 0 Å². The van der Waals surface area contributed by atoms with Gasteiger partial charge in [-0.25, -0.2) is 8.42 Å². The molecule has 0 aromatic rings. The molecule has 0 bridgehead atoms. The molecule has 0 spiro atoms. The van der Waals surface area contributed by atoms with Gasteiger partial charge in [0.2, 0.25) is 0 Å². The first-order chi connectivity index (χ1) is 8.22. The van der Waals surface area contributed by atoms with Crippen molar-refractivity contribution < 1.29 is 17.9 Å². The highest BCUT2D eigenvalue weighted by atomic mass is 32.2. The monoisotopic (exact) mass is 294 g/mol. The summed E-state index contributed by atoms with van der Waals surface area (Å²) in [7, 11) is -3.27. The van der Waals surface area contributed by atoms with Crippen molar-refractivity contribution in [1.29, 1.82) is 0 Å². The molecule has 0 aliphatic carbocycles. The van der Waals surface area contributed by atoms with Crippen LogP contribution in [0.25, 0.3) is 0 Å². The van der Waals surface area contributed by atoms with Crippen LogP contribution in [-0.4, -0.2) is 42.5 Å². The summed E-state index contributed by atoms with van der Waals surface area (Å²) in [5.74, 6) is 0.245. The Morgan fingerprint density at radius 3 is 2.56 bits per heavy atom. The Bertz CT molecular complexity index is 381. The number of carbonyl (C=O) groups is 1. The normalized spacial score (nSPS) is 23.6. The van der Waals surface area contributed by atoms with E-state index in [-0.39, 0.29) is 17.1 Å². The van der Waals surface area contributed by atoms with E-state index in [0.717, 1.165) is 6.42 Å². The molecule has 0 aromatic carbocycles. The van der Waals surface area contributed by atoms with Crippen LogP contribution in [0.1, 0.15) is 40.0 Å². The molecule has 1 rings (SSSR count). The van der Waals surface area contributed by atoms with Gasteiger partial charge >= 0.3 is 5.97 Å². The maximum atomic E-state index is 11.7. The van der Waals surface area contributed by atoms with E-state index >= 15 is 0 Å². The zero-order valence-corrected chi connectivity index (χ0v) is 12.9. The number of hydrogen-bond acceptors (Lipinski definition) is 5. The zero-order chi connectivity index (χ0) is 13.8. The second kappa shape index (κ2) is 6.28. The number of carbonyl (C=O) groups excluding carboxylic acids is 1. The molecular formula is C12H22O4S2. The average Bonchev–Trinajstić information content (AvgIpc) is 2.22. The number of hydrogen-bond donors (Lipinski definition) is 0. The molecule has 1 aliphatic rings. The molecule has 0 saturated carbocycles. The summed E-state index contributed by atoms with van der Waals surface area (Å²) in [5.41, 5.74) is 0. The Morgan fingerprint density at radius 2 is 2.00 bits per heavy atom. The molecule has 4 nitrogen and oxygen atoms in total. The van der Waals surface area contributed by atoms with Crippen LogP contribution < -0.4 is 0 Å². The first-order valence-corrected chi connectivity index (χ1v) is 8.95. The van der Waals surface area contributed by atoms with Gasteiger partial charge in [0, 0.05) is 10.5 Å². The fraction of sp³-hybridized carbons (Fsp3) is 0.917. The van der Waals surface area contributed by atoms with E-state index in [0.29, 0.717) is 18.6 Å². The average molecular weight is 294 g/mol. The van der Waals surface area contributed by atoms with Crippen LogP contribution >= 0.6 is 11.8 Å². The van der Waals surface area contributed by atoms with Crippen molar-refractivity contribution in [2.24, 2.45) is 0 Å². The largest absolute Gasteiger partial charge is 0.464 e. The summed E-state index contributed by atoms with van der Waals surface area (Å²) >= 11 is 1.70. The molecule has 0 unspecified atom stereocenters. The molecule has 1 saturated heterocycles. The summed E-state index contributed by atoms with van der Waals surface area (Å²) in [4.78, 5) is 11.7. The predicted octanol–water partition coefficient (Wildman–Crippen LogP) is 2.03. The van der Waals surface area contributed by atoms with Crippen LogP contribution in [0.15, 0.2) is 0 Å². The van der Waals surface area contributed by atoms with E-state index in [2.05, 4.69) is 20.8 Å². The fourth-order valence-corrected chi connectivity index (χ4v) is 4.36. The standard InChI is InChI=1S/C12H22O4S2/c1-12(2,3)17-8-7-16-11(13)10-6-4-5-9-18(10,14)15/h10H,4-9H2,1-3H3/t10-/m0/s1. The molecule has 1 aliphatic heterocycles. The topological polar surface area (TPSA) is 60.4 Å². The van der Waals surface area contributed by atoms with Gasteiger partial charge in [-0.1, -0.05) is 27.2 Å². The molecule has 106 valence electrons. The first kappa shape index (κ1) is 15.8. The van der Waals surface area contributed by atoms with Crippen LogP contribution in [0.5, 0.6) is 0 Å². The Morgan fingerprint density at radius 1 is 1.33 bits per heavy atom. The fourth-order valence-electron chi connectivity index (χ4n) is 1.80. The van der Waals surface area contributed by atoms with Gasteiger partial charge in [-0.3, -0.25) is 4.79 Å². The van der Waals surface area contributed by atoms with E-state index in [4.69, 9.17) is 4.74 Å². The quantitative estimate of drug-likeness (QED) is 0.586. The Balaban J connectivity index is 2.37.